The molecule has 0 bridgehead atoms. The fraction of sp³-hybridized carbons (Fsp3) is 0.565. The number of benzene rings is 1. The first kappa shape index (κ1) is 20.3. The van der Waals surface area contributed by atoms with Gasteiger partial charge in [-0.2, -0.15) is 0 Å². The third-order valence-corrected chi connectivity index (χ3v) is 7.07. The minimum Gasteiger partial charge on any atom is -0.351 e. The van der Waals surface area contributed by atoms with Crippen LogP contribution in [0.25, 0.3) is 10.9 Å². The molecule has 5 nitrogen and oxygen atoms in total. The van der Waals surface area contributed by atoms with Crippen molar-refractivity contribution >= 4 is 34.3 Å². The van der Waals surface area contributed by atoms with Crippen molar-refractivity contribution in [2.45, 2.75) is 39.5 Å². The number of nitrogens with one attached hydrogen (secondary N) is 1. The number of amides is 2. The normalized spacial score (nSPS) is 20.2. The van der Waals surface area contributed by atoms with Crippen molar-refractivity contribution in [1.29, 1.82) is 0 Å². The number of likely N-dealkylation sites (tertiary alicyclic amines) is 2. The van der Waals surface area contributed by atoms with Crippen LogP contribution in [0.1, 0.15) is 50.0 Å². The Bertz CT molecular complexity index is 893. The maximum atomic E-state index is 12.9. The van der Waals surface area contributed by atoms with Gasteiger partial charge < -0.3 is 14.8 Å². The SMILES string of the molecule is CC1CCN(C(=O)[C@@H](C)C2CCN(C(=O)c3cc4cc(Cl)ccc4[nH]3)CC2)CC1. The molecule has 1 aromatic carbocycles. The molecule has 1 aromatic heterocycles. The van der Waals surface area contributed by atoms with Crippen molar-refractivity contribution in [3.8, 4) is 0 Å². The molecule has 0 radical (unpaired) electrons. The first-order chi connectivity index (χ1) is 13.9. The molecular formula is C23H30ClN3O2. The zero-order valence-electron chi connectivity index (χ0n) is 17.3. The van der Waals surface area contributed by atoms with Gasteiger partial charge in [0, 0.05) is 48.0 Å². The van der Waals surface area contributed by atoms with Crippen LogP contribution in [0.4, 0.5) is 0 Å². The molecule has 2 saturated heterocycles. The minimum absolute atomic E-state index is 0.0276. The summed E-state index contributed by atoms with van der Waals surface area (Å²) in [6.45, 7) is 7.53. The van der Waals surface area contributed by atoms with Crippen molar-refractivity contribution in [3.63, 3.8) is 0 Å². The third kappa shape index (κ3) is 4.30. The van der Waals surface area contributed by atoms with Crippen LogP contribution in [-0.2, 0) is 4.79 Å². The Kier molecular flexibility index (Phi) is 5.86. The fourth-order valence-corrected chi connectivity index (χ4v) is 4.89. The Morgan fingerprint density at radius 3 is 2.38 bits per heavy atom. The summed E-state index contributed by atoms with van der Waals surface area (Å²) >= 11 is 6.05. The number of hydrogen-bond donors (Lipinski definition) is 1. The number of fused-ring (bicyclic) bond motifs is 1. The molecule has 4 rings (SSSR count). The fourth-order valence-electron chi connectivity index (χ4n) is 4.71. The zero-order chi connectivity index (χ0) is 20.5. The topological polar surface area (TPSA) is 56.4 Å². The zero-order valence-corrected chi connectivity index (χ0v) is 18.0. The van der Waals surface area contributed by atoms with Crippen molar-refractivity contribution < 1.29 is 9.59 Å². The van der Waals surface area contributed by atoms with Gasteiger partial charge in [0.05, 0.1) is 0 Å². The summed E-state index contributed by atoms with van der Waals surface area (Å²) in [7, 11) is 0. The van der Waals surface area contributed by atoms with Crippen LogP contribution in [0.2, 0.25) is 5.02 Å². The van der Waals surface area contributed by atoms with E-state index >= 15 is 0 Å². The lowest BCUT2D eigenvalue weighted by Crippen LogP contribution is -2.45. The van der Waals surface area contributed by atoms with Crippen LogP contribution < -0.4 is 0 Å². The second kappa shape index (κ2) is 8.39. The van der Waals surface area contributed by atoms with E-state index in [2.05, 4.69) is 23.7 Å². The van der Waals surface area contributed by atoms with E-state index in [-0.39, 0.29) is 11.8 Å². The second-order valence-electron chi connectivity index (χ2n) is 8.84. The molecule has 3 heterocycles. The highest BCUT2D eigenvalue weighted by molar-refractivity contribution is 6.31. The molecule has 2 aliphatic heterocycles. The van der Waals surface area contributed by atoms with Gasteiger partial charge in [0.1, 0.15) is 5.69 Å². The van der Waals surface area contributed by atoms with Crippen molar-refractivity contribution in [1.82, 2.24) is 14.8 Å². The van der Waals surface area contributed by atoms with Crippen LogP contribution in [-0.4, -0.2) is 52.8 Å². The van der Waals surface area contributed by atoms with Gasteiger partial charge >= 0.3 is 0 Å². The van der Waals surface area contributed by atoms with Crippen LogP contribution in [0.3, 0.4) is 0 Å². The Morgan fingerprint density at radius 2 is 1.69 bits per heavy atom. The number of halogens is 1. The standard InChI is InChI=1S/C23H30ClN3O2/c1-15-5-9-26(10-6-15)22(28)16(2)17-7-11-27(12-8-17)23(29)21-14-18-13-19(24)3-4-20(18)25-21/h3-4,13-17,25H,5-12H2,1-2H3/t16-/m0/s1. The van der Waals surface area contributed by atoms with Gasteiger partial charge in [-0.05, 0) is 61.8 Å². The van der Waals surface area contributed by atoms with Crippen LogP contribution >= 0.6 is 11.6 Å². The van der Waals surface area contributed by atoms with E-state index in [1.807, 2.05) is 29.2 Å². The lowest BCUT2D eigenvalue weighted by molar-refractivity contribution is -0.138. The lowest BCUT2D eigenvalue weighted by Gasteiger charge is -2.37. The van der Waals surface area contributed by atoms with E-state index in [9.17, 15) is 9.59 Å². The van der Waals surface area contributed by atoms with Gasteiger partial charge in [-0.3, -0.25) is 9.59 Å². The number of piperidine rings is 2. The first-order valence-electron chi connectivity index (χ1n) is 10.8. The van der Waals surface area contributed by atoms with Gasteiger partial charge in [-0.1, -0.05) is 25.4 Å². The molecule has 0 spiro atoms. The maximum Gasteiger partial charge on any atom is 0.270 e. The number of hydrogen-bond acceptors (Lipinski definition) is 2. The highest BCUT2D eigenvalue weighted by atomic mass is 35.5. The van der Waals surface area contributed by atoms with E-state index < -0.39 is 0 Å². The number of rotatable bonds is 3. The number of carbonyl (C=O) groups excluding carboxylic acids is 2. The predicted octanol–water partition coefficient (Wildman–Crippen LogP) is 4.57. The average Bonchev–Trinajstić information content (AvgIpc) is 3.16. The molecule has 6 heteroatoms. The highest BCUT2D eigenvalue weighted by Crippen LogP contribution is 2.29. The van der Waals surface area contributed by atoms with Gasteiger partial charge in [-0.25, -0.2) is 0 Å². The molecule has 2 aliphatic rings. The first-order valence-corrected chi connectivity index (χ1v) is 11.2. The van der Waals surface area contributed by atoms with E-state index in [1.54, 1.807) is 0 Å². The van der Waals surface area contributed by atoms with Gasteiger partial charge in [0.25, 0.3) is 5.91 Å². The van der Waals surface area contributed by atoms with Crippen LogP contribution in [0, 0.1) is 17.8 Å². The Morgan fingerprint density at radius 1 is 1.03 bits per heavy atom. The number of carbonyl (C=O) groups is 2. The Hall–Kier alpha value is -2.01. The summed E-state index contributed by atoms with van der Waals surface area (Å²) in [4.78, 5) is 33.0. The van der Waals surface area contributed by atoms with E-state index in [4.69, 9.17) is 11.6 Å². The quantitative estimate of drug-likeness (QED) is 0.798. The number of nitrogens with zero attached hydrogens (tertiary/aromatic N) is 2. The van der Waals surface area contributed by atoms with Crippen LogP contribution in [0.5, 0.6) is 0 Å². The molecule has 0 unspecified atom stereocenters. The van der Waals surface area contributed by atoms with E-state index in [0.717, 1.165) is 55.6 Å². The molecule has 29 heavy (non-hydrogen) atoms. The smallest absolute Gasteiger partial charge is 0.270 e. The molecule has 1 N–H and O–H groups in total. The summed E-state index contributed by atoms with van der Waals surface area (Å²) < 4.78 is 0. The minimum atomic E-state index is 0.0276. The largest absolute Gasteiger partial charge is 0.351 e. The van der Waals surface area contributed by atoms with E-state index in [1.165, 1.54) is 0 Å². The summed E-state index contributed by atoms with van der Waals surface area (Å²) in [5.41, 5.74) is 1.52. The highest BCUT2D eigenvalue weighted by Gasteiger charge is 2.33. The van der Waals surface area contributed by atoms with Crippen molar-refractivity contribution in [2.75, 3.05) is 26.2 Å². The third-order valence-electron chi connectivity index (χ3n) is 6.83. The number of aromatic nitrogens is 1. The lowest BCUT2D eigenvalue weighted by atomic mass is 9.84. The van der Waals surface area contributed by atoms with Crippen molar-refractivity contribution in [2.24, 2.45) is 17.8 Å². The summed E-state index contributed by atoms with van der Waals surface area (Å²) in [5.74, 6) is 1.45. The molecule has 2 fully saturated rings. The molecular weight excluding hydrogens is 386 g/mol. The summed E-state index contributed by atoms with van der Waals surface area (Å²) in [6, 6.07) is 7.46. The molecule has 2 aromatic rings. The van der Waals surface area contributed by atoms with Gasteiger partial charge in [0.2, 0.25) is 5.91 Å². The molecule has 156 valence electrons. The summed E-state index contributed by atoms with van der Waals surface area (Å²) in [5, 5.41) is 1.61. The number of aromatic amines is 1. The van der Waals surface area contributed by atoms with Crippen LogP contribution in [0.15, 0.2) is 24.3 Å². The number of H-pyrrole nitrogens is 1. The monoisotopic (exact) mass is 415 g/mol. The predicted molar refractivity (Wildman–Crippen MR) is 116 cm³/mol. The Labute approximate surface area is 177 Å². The maximum absolute atomic E-state index is 12.9. The van der Waals surface area contributed by atoms with Crippen molar-refractivity contribution in [3.05, 3.63) is 35.0 Å². The average molecular weight is 416 g/mol. The molecule has 1 atom stereocenters. The molecule has 2 amide bonds. The van der Waals surface area contributed by atoms with E-state index in [0.29, 0.717) is 35.6 Å². The Balaban J connectivity index is 1.34. The second-order valence-corrected chi connectivity index (χ2v) is 9.28. The molecule has 0 aliphatic carbocycles. The van der Waals surface area contributed by atoms with Gasteiger partial charge in [-0.15, -0.1) is 0 Å². The van der Waals surface area contributed by atoms with Gasteiger partial charge in [0.15, 0.2) is 0 Å². The molecule has 0 saturated carbocycles. The summed E-state index contributed by atoms with van der Waals surface area (Å²) in [6.07, 6.45) is 3.99.